The van der Waals surface area contributed by atoms with Crippen molar-refractivity contribution < 1.29 is 9.90 Å². The number of nitrogens with one attached hydrogen (secondary N) is 1. The van der Waals surface area contributed by atoms with Crippen molar-refractivity contribution in [1.29, 1.82) is 0 Å². The van der Waals surface area contributed by atoms with Gasteiger partial charge in [0.1, 0.15) is 0 Å². The second kappa shape index (κ2) is 6.91. The molecule has 0 aromatic carbocycles. The van der Waals surface area contributed by atoms with E-state index in [1.807, 2.05) is 24.4 Å². The molecule has 2 aromatic heterocycles. The summed E-state index contributed by atoms with van der Waals surface area (Å²) in [6.45, 7) is 0.422. The highest BCUT2D eigenvalue weighted by molar-refractivity contribution is 5.77. The van der Waals surface area contributed by atoms with Crippen LogP contribution < -0.4 is 5.32 Å². The second-order valence-electron chi connectivity index (χ2n) is 6.21. The third kappa shape index (κ3) is 4.16. The van der Waals surface area contributed by atoms with Crippen LogP contribution in [-0.4, -0.2) is 31.4 Å². The van der Waals surface area contributed by atoms with Crippen molar-refractivity contribution in [2.45, 2.75) is 50.7 Å². The van der Waals surface area contributed by atoms with Gasteiger partial charge < -0.3 is 10.4 Å². The zero-order valence-corrected chi connectivity index (χ0v) is 13.1. The predicted molar refractivity (Wildman–Crippen MR) is 85.9 cm³/mol. The van der Waals surface area contributed by atoms with Crippen LogP contribution in [0, 0.1) is 0 Å². The molecule has 2 heterocycles. The van der Waals surface area contributed by atoms with Gasteiger partial charge in [-0.15, -0.1) is 0 Å². The molecule has 6 nitrogen and oxygen atoms in total. The fourth-order valence-electron chi connectivity index (χ4n) is 3.05. The Morgan fingerprint density at radius 3 is 2.87 bits per heavy atom. The summed E-state index contributed by atoms with van der Waals surface area (Å²) in [6.07, 6.45) is 10.00. The minimum atomic E-state index is -0.819. The summed E-state index contributed by atoms with van der Waals surface area (Å²) >= 11 is 0. The molecule has 0 unspecified atom stereocenters. The van der Waals surface area contributed by atoms with Crippen molar-refractivity contribution in [3.05, 3.63) is 42.4 Å². The SMILES string of the molecule is O=C(CC1(O)CCCCC1)NCc1ccnc(-n2cccn2)c1. The van der Waals surface area contributed by atoms with Gasteiger partial charge in [-0.1, -0.05) is 19.3 Å². The number of carbonyl (C=O) groups is 1. The summed E-state index contributed by atoms with van der Waals surface area (Å²) < 4.78 is 1.68. The minimum Gasteiger partial charge on any atom is -0.389 e. The van der Waals surface area contributed by atoms with E-state index in [9.17, 15) is 9.90 Å². The van der Waals surface area contributed by atoms with Crippen molar-refractivity contribution in [3.8, 4) is 5.82 Å². The van der Waals surface area contributed by atoms with Crippen molar-refractivity contribution in [2.24, 2.45) is 0 Å². The Bertz CT molecular complexity index is 648. The average molecular weight is 314 g/mol. The van der Waals surface area contributed by atoms with Crippen LogP contribution in [-0.2, 0) is 11.3 Å². The molecule has 0 spiro atoms. The Kier molecular flexibility index (Phi) is 4.71. The first-order valence-electron chi connectivity index (χ1n) is 8.09. The zero-order valence-electron chi connectivity index (χ0n) is 13.1. The maximum Gasteiger partial charge on any atom is 0.223 e. The Morgan fingerprint density at radius 1 is 1.30 bits per heavy atom. The number of aromatic nitrogens is 3. The highest BCUT2D eigenvalue weighted by Crippen LogP contribution is 2.30. The van der Waals surface area contributed by atoms with Crippen LogP contribution in [0.15, 0.2) is 36.8 Å². The summed E-state index contributed by atoms with van der Waals surface area (Å²) in [5.74, 6) is 0.611. The van der Waals surface area contributed by atoms with Crippen molar-refractivity contribution >= 4 is 5.91 Å². The van der Waals surface area contributed by atoms with E-state index >= 15 is 0 Å². The van der Waals surface area contributed by atoms with Gasteiger partial charge in [-0.05, 0) is 36.6 Å². The maximum absolute atomic E-state index is 12.1. The quantitative estimate of drug-likeness (QED) is 0.884. The molecule has 0 atom stereocenters. The molecule has 0 saturated heterocycles. The number of nitrogens with zero attached hydrogens (tertiary/aromatic N) is 3. The monoisotopic (exact) mass is 314 g/mol. The fraction of sp³-hybridized carbons (Fsp3) is 0.471. The first-order chi connectivity index (χ1) is 11.1. The second-order valence-corrected chi connectivity index (χ2v) is 6.21. The third-order valence-corrected chi connectivity index (χ3v) is 4.31. The molecule has 3 rings (SSSR count). The molecule has 2 aromatic rings. The van der Waals surface area contributed by atoms with Crippen molar-refractivity contribution in [1.82, 2.24) is 20.1 Å². The molecule has 1 fully saturated rings. The van der Waals surface area contributed by atoms with Gasteiger partial charge in [0.15, 0.2) is 5.82 Å². The molecule has 122 valence electrons. The van der Waals surface area contributed by atoms with Crippen LogP contribution in [0.3, 0.4) is 0 Å². The van der Waals surface area contributed by atoms with Gasteiger partial charge in [0, 0.05) is 25.1 Å². The predicted octanol–water partition coefficient (Wildman–Crippen LogP) is 1.97. The average Bonchev–Trinajstić information content (AvgIpc) is 3.08. The van der Waals surface area contributed by atoms with E-state index in [-0.39, 0.29) is 12.3 Å². The molecular weight excluding hydrogens is 292 g/mol. The van der Waals surface area contributed by atoms with E-state index < -0.39 is 5.60 Å². The fourth-order valence-corrected chi connectivity index (χ4v) is 3.05. The first-order valence-corrected chi connectivity index (χ1v) is 8.09. The molecule has 23 heavy (non-hydrogen) atoms. The van der Waals surface area contributed by atoms with E-state index in [0.29, 0.717) is 12.4 Å². The van der Waals surface area contributed by atoms with Gasteiger partial charge in [-0.25, -0.2) is 9.67 Å². The molecule has 6 heteroatoms. The molecule has 1 saturated carbocycles. The highest BCUT2D eigenvalue weighted by atomic mass is 16.3. The van der Waals surface area contributed by atoms with Gasteiger partial charge in [0.05, 0.1) is 12.0 Å². The largest absolute Gasteiger partial charge is 0.389 e. The summed E-state index contributed by atoms with van der Waals surface area (Å²) in [7, 11) is 0. The smallest absolute Gasteiger partial charge is 0.223 e. The van der Waals surface area contributed by atoms with E-state index in [1.54, 1.807) is 17.1 Å². The zero-order chi connectivity index (χ0) is 16.1. The normalized spacial score (nSPS) is 16.9. The van der Waals surface area contributed by atoms with E-state index in [0.717, 1.165) is 37.7 Å². The number of pyridine rings is 1. The van der Waals surface area contributed by atoms with Crippen molar-refractivity contribution in [3.63, 3.8) is 0 Å². The molecule has 0 bridgehead atoms. The van der Waals surface area contributed by atoms with Crippen LogP contribution in [0.1, 0.15) is 44.1 Å². The number of hydrogen-bond acceptors (Lipinski definition) is 4. The Labute approximate surface area is 135 Å². The molecule has 0 radical (unpaired) electrons. The molecule has 1 aliphatic rings. The van der Waals surface area contributed by atoms with Crippen LogP contribution in [0.4, 0.5) is 0 Å². The first kappa shape index (κ1) is 15.7. The molecule has 1 aliphatic carbocycles. The summed E-state index contributed by atoms with van der Waals surface area (Å²) in [5, 5.41) is 17.5. The lowest BCUT2D eigenvalue weighted by molar-refractivity contribution is -0.127. The standard InChI is InChI=1S/C17H22N4O2/c22-16(12-17(23)6-2-1-3-7-17)19-13-14-5-9-18-15(11-14)21-10-4-8-20-21/h4-5,8-11,23H,1-3,6-7,12-13H2,(H,19,22). The van der Waals surface area contributed by atoms with Crippen LogP contribution in [0.5, 0.6) is 0 Å². The van der Waals surface area contributed by atoms with Crippen LogP contribution in [0.2, 0.25) is 0 Å². The highest BCUT2D eigenvalue weighted by Gasteiger charge is 2.31. The Morgan fingerprint density at radius 2 is 2.13 bits per heavy atom. The number of hydrogen-bond donors (Lipinski definition) is 2. The molecular formula is C17H22N4O2. The van der Waals surface area contributed by atoms with E-state index in [1.165, 1.54) is 0 Å². The minimum absolute atomic E-state index is 0.105. The lowest BCUT2D eigenvalue weighted by Crippen LogP contribution is -2.38. The summed E-state index contributed by atoms with van der Waals surface area (Å²) in [5.41, 5.74) is 0.135. The Hall–Kier alpha value is -2.21. The number of aliphatic hydroxyl groups is 1. The summed E-state index contributed by atoms with van der Waals surface area (Å²) in [6, 6.07) is 5.59. The number of amides is 1. The lowest BCUT2D eigenvalue weighted by atomic mass is 9.82. The number of carbonyl (C=O) groups excluding carboxylic acids is 1. The number of rotatable bonds is 5. The third-order valence-electron chi connectivity index (χ3n) is 4.31. The van der Waals surface area contributed by atoms with Gasteiger partial charge in [0.2, 0.25) is 5.91 Å². The Balaban J connectivity index is 1.56. The topological polar surface area (TPSA) is 80.0 Å². The van der Waals surface area contributed by atoms with Gasteiger partial charge in [0.25, 0.3) is 0 Å². The van der Waals surface area contributed by atoms with Gasteiger partial charge in [-0.3, -0.25) is 4.79 Å². The lowest BCUT2D eigenvalue weighted by Gasteiger charge is -2.31. The molecule has 0 aliphatic heterocycles. The van der Waals surface area contributed by atoms with E-state index in [2.05, 4.69) is 15.4 Å². The van der Waals surface area contributed by atoms with E-state index in [4.69, 9.17) is 0 Å². The molecule has 1 amide bonds. The maximum atomic E-state index is 12.1. The van der Waals surface area contributed by atoms with Crippen LogP contribution >= 0.6 is 0 Å². The molecule has 2 N–H and O–H groups in total. The van der Waals surface area contributed by atoms with Gasteiger partial charge in [-0.2, -0.15) is 5.10 Å². The van der Waals surface area contributed by atoms with Crippen LogP contribution in [0.25, 0.3) is 5.82 Å². The summed E-state index contributed by atoms with van der Waals surface area (Å²) in [4.78, 5) is 16.4. The van der Waals surface area contributed by atoms with Crippen molar-refractivity contribution in [2.75, 3.05) is 0 Å². The van der Waals surface area contributed by atoms with Gasteiger partial charge >= 0.3 is 0 Å².